The first-order valence-corrected chi connectivity index (χ1v) is 7.68. The second-order valence-electron chi connectivity index (χ2n) is 6.73. The molecule has 108 valence electrons. The number of hydrogen-bond donors (Lipinski definition) is 1. The van der Waals surface area contributed by atoms with Gasteiger partial charge in [-0.05, 0) is 37.6 Å². The minimum absolute atomic E-state index is 0.480. The quantitative estimate of drug-likeness (QED) is 0.884. The summed E-state index contributed by atoms with van der Waals surface area (Å²) in [5.74, 6) is 2.00. The fourth-order valence-corrected chi connectivity index (χ4v) is 3.74. The van der Waals surface area contributed by atoms with Crippen LogP contribution in [0.3, 0.4) is 0 Å². The number of aryl methyl sites for hydroxylation is 2. The van der Waals surface area contributed by atoms with Gasteiger partial charge in [-0.2, -0.15) is 0 Å². The molecule has 0 saturated heterocycles. The van der Waals surface area contributed by atoms with E-state index in [0.29, 0.717) is 11.5 Å². The molecule has 0 radical (unpaired) electrons. The zero-order valence-corrected chi connectivity index (χ0v) is 12.9. The molecule has 1 aliphatic carbocycles. The number of aromatic nitrogens is 2. The maximum atomic E-state index is 4.44. The molecule has 0 aliphatic heterocycles. The largest absolute Gasteiger partial charge is 0.338 e. The van der Waals surface area contributed by atoms with Crippen molar-refractivity contribution in [3.05, 3.63) is 18.2 Å². The standard InChI is InChI=1S/C16H29N3/c1-16(2)10-6-5-7-13(16)14(17-3)8-9-15-18-11-12-19(15)4/h11-14,17H,5-10H2,1-4H3. The van der Waals surface area contributed by atoms with Crippen LogP contribution in [-0.4, -0.2) is 22.6 Å². The lowest BCUT2D eigenvalue weighted by Gasteiger charge is -2.43. The van der Waals surface area contributed by atoms with Crippen molar-refractivity contribution < 1.29 is 0 Å². The molecule has 1 aromatic heterocycles. The molecule has 1 N–H and O–H groups in total. The minimum atomic E-state index is 0.480. The Morgan fingerprint density at radius 2 is 2.26 bits per heavy atom. The maximum absolute atomic E-state index is 4.44. The number of hydrogen-bond acceptors (Lipinski definition) is 2. The van der Waals surface area contributed by atoms with E-state index in [-0.39, 0.29) is 0 Å². The van der Waals surface area contributed by atoms with Gasteiger partial charge in [0, 0.05) is 31.9 Å². The molecule has 1 aliphatic rings. The van der Waals surface area contributed by atoms with E-state index in [4.69, 9.17) is 0 Å². The second kappa shape index (κ2) is 6.08. The van der Waals surface area contributed by atoms with Crippen molar-refractivity contribution in [2.75, 3.05) is 7.05 Å². The molecule has 0 aromatic carbocycles. The van der Waals surface area contributed by atoms with Crippen LogP contribution in [0.15, 0.2) is 12.4 Å². The number of imidazole rings is 1. The highest BCUT2D eigenvalue weighted by Crippen LogP contribution is 2.43. The topological polar surface area (TPSA) is 29.9 Å². The highest BCUT2D eigenvalue weighted by Gasteiger charge is 2.36. The Morgan fingerprint density at radius 1 is 1.47 bits per heavy atom. The molecule has 2 atom stereocenters. The van der Waals surface area contributed by atoms with Crippen LogP contribution < -0.4 is 5.32 Å². The van der Waals surface area contributed by atoms with E-state index in [1.54, 1.807) is 0 Å². The highest BCUT2D eigenvalue weighted by atomic mass is 15.0. The van der Waals surface area contributed by atoms with Crippen LogP contribution in [0.25, 0.3) is 0 Å². The minimum Gasteiger partial charge on any atom is -0.338 e. The van der Waals surface area contributed by atoms with E-state index in [2.05, 4.69) is 42.8 Å². The monoisotopic (exact) mass is 263 g/mol. The van der Waals surface area contributed by atoms with Crippen molar-refractivity contribution in [2.45, 2.75) is 58.4 Å². The van der Waals surface area contributed by atoms with Crippen LogP contribution in [0.4, 0.5) is 0 Å². The molecule has 19 heavy (non-hydrogen) atoms. The molecule has 1 fully saturated rings. The Labute approximate surface area is 117 Å². The van der Waals surface area contributed by atoms with E-state index in [9.17, 15) is 0 Å². The average molecular weight is 263 g/mol. The van der Waals surface area contributed by atoms with Crippen LogP contribution in [0.1, 0.15) is 51.8 Å². The van der Waals surface area contributed by atoms with Crippen molar-refractivity contribution >= 4 is 0 Å². The molecular weight excluding hydrogens is 234 g/mol. The third-order valence-electron chi connectivity index (χ3n) is 5.05. The van der Waals surface area contributed by atoms with Gasteiger partial charge >= 0.3 is 0 Å². The summed E-state index contributed by atoms with van der Waals surface area (Å²) in [5, 5.41) is 3.57. The zero-order valence-electron chi connectivity index (χ0n) is 12.9. The lowest BCUT2D eigenvalue weighted by molar-refractivity contribution is 0.0976. The maximum Gasteiger partial charge on any atom is 0.108 e. The summed E-state index contributed by atoms with van der Waals surface area (Å²) in [4.78, 5) is 4.44. The predicted octanol–water partition coefficient (Wildman–Crippen LogP) is 3.16. The predicted molar refractivity (Wildman–Crippen MR) is 80.1 cm³/mol. The van der Waals surface area contributed by atoms with Gasteiger partial charge in [0.2, 0.25) is 0 Å². The summed E-state index contributed by atoms with van der Waals surface area (Å²) < 4.78 is 2.14. The van der Waals surface area contributed by atoms with Crippen molar-refractivity contribution in [1.29, 1.82) is 0 Å². The summed E-state index contributed by atoms with van der Waals surface area (Å²) >= 11 is 0. The molecule has 2 unspecified atom stereocenters. The van der Waals surface area contributed by atoms with E-state index >= 15 is 0 Å². The molecular formula is C16H29N3. The smallest absolute Gasteiger partial charge is 0.108 e. The Hall–Kier alpha value is -0.830. The summed E-state index contributed by atoms with van der Waals surface area (Å²) in [5.41, 5.74) is 0.480. The molecule has 1 aromatic rings. The number of nitrogens with zero attached hydrogens (tertiary/aromatic N) is 2. The molecule has 0 bridgehead atoms. The summed E-state index contributed by atoms with van der Waals surface area (Å²) in [6.45, 7) is 4.89. The Bertz CT molecular complexity index is 394. The fraction of sp³-hybridized carbons (Fsp3) is 0.812. The van der Waals surface area contributed by atoms with Gasteiger partial charge in [-0.25, -0.2) is 4.98 Å². The van der Waals surface area contributed by atoms with E-state index in [0.717, 1.165) is 12.3 Å². The lowest BCUT2D eigenvalue weighted by atomic mass is 9.65. The molecule has 3 nitrogen and oxygen atoms in total. The van der Waals surface area contributed by atoms with Crippen LogP contribution in [0, 0.1) is 11.3 Å². The SMILES string of the molecule is CNC(CCc1nccn1C)C1CCCCC1(C)C. The van der Waals surface area contributed by atoms with Crippen LogP contribution in [0.5, 0.6) is 0 Å². The van der Waals surface area contributed by atoms with E-state index in [1.807, 2.05) is 12.4 Å². The Kier molecular flexibility index (Phi) is 4.67. The van der Waals surface area contributed by atoms with Gasteiger partial charge in [0.15, 0.2) is 0 Å². The van der Waals surface area contributed by atoms with Gasteiger partial charge in [0.05, 0.1) is 0 Å². The van der Waals surface area contributed by atoms with Crippen LogP contribution in [0.2, 0.25) is 0 Å². The van der Waals surface area contributed by atoms with Gasteiger partial charge in [-0.1, -0.05) is 26.7 Å². The van der Waals surface area contributed by atoms with Crippen molar-refractivity contribution in [3.8, 4) is 0 Å². The summed E-state index contributed by atoms with van der Waals surface area (Å²) in [6.07, 6.45) is 11.7. The first-order valence-electron chi connectivity index (χ1n) is 7.68. The van der Waals surface area contributed by atoms with E-state index in [1.165, 1.54) is 37.9 Å². The normalized spacial score (nSPS) is 24.3. The van der Waals surface area contributed by atoms with Gasteiger partial charge in [0.25, 0.3) is 0 Å². The third kappa shape index (κ3) is 3.38. The average Bonchev–Trinajstić information content (AvgIpc) is 2.77. The van der Waals surface area contributed by atoms with Crippen molar-refractivity contribution in [1.82, 2.24) is 14.9 Å². The third-order valence-corrected chi connectivity index (χ3v) is 5.05. The number of rotatable bonds is 5. The Morgan fingerprint density at radius 3 is 2.84 bits per heavy atom. The zero-order chi connectivity index (χ0) is 13.9. The molecule has 3 heteroatoms. The molecule has 2 rings (SSSR count). The van der Waals surface area contributed by atoms with Gasteiger partial charge in [0.1, 0.15) is 5.82 Å². The molecule has 0 amide bonds. The highest BCUT2D eigenvalue weighted by molar-refractivity contribution is 4.95. The number of nitrogens with one attached hydrogen (secondary N) is 1. The van der Waals surface area contributed by atoms with Gasteiger partial charge < -0.3 is 9.88 Å². The van der Waals surface area contributed by atoms with Gasteiger partial charge in [-0.15, -0.1) is 0 Å². The van der Waals surface area contributed by atoms with Crippen LogP contribution >= 0.6 is 0 Å². The summed E-state index contributed by atoms with van der Waals surface area (Å²) in [7, 11) is 4.20. The lowest BCUT2D eigenvalue weighted by Crippen LogP contribution is -2.43. The molecule has 0 spiro atoms. The first kappa shape index (κ1) is 14.6. The second-order valence-corrected chi connectivity index (χ2v) is 6.73. The van der Waals surface area contributed by atoms with Crippen LogP contribution in [-0.2, 0) is 13.5 Å². The fourth-order valence-electron chi connectivity index (χ4n) is 3.74. The molecule has 1 heterocycles. The summed E-state index contributed by atoms with van der Waals surface area (Å²) in [6, 6.07) is 0.618. The molecule has 1 saturated carbocycles. The van der Waals surface area contributed by atoms with Gasteiger partial charge in [-0.3, -0.25) is 0 Å². The van der Waals surface area contributed by atoms with E-state index < -0.39 is 0 Å². The first-order chi connectivity index (χ1) is 9.04. The van der Waals surface area contributed by atoms with Crippen molar-refractivity contribution in [3.63, 3.8) is 0 Å². The Balaban J connectivity index is 1.97. The van der Waals surface area contributed by atoms with Crippen molar-refractivity contribution in [2.24, 2.45) is 18.4 Å².